The van der Waals surface area contributed by atoms with Crippen LogP contribution in [-0.4, -0.2) is 50.3 Å². The van der Waals surface area contributed by atoms with Gasteiger partial charge < -0.3 is 19.0 Å². The molecule has 1 aromatic carbocycles. The molecule has 1 aliphatic heterocycles. The molecule has 0 spiro atoms. The number of anilines is 1. The number of nitrogens with zero attached hydrogens (tertiary/aromatic N) is 4. The van der Waals surface area contributed by atoms with Gasteiger partial charge in [-0.2, -0.15) is 0 Å². The van der Waals surface area contributed by atoms with Crippen LogP contribution < -0.4 is 9.64 Å². The molecule has 10 nitrogen and oxygen atoms in total. The van der Waals surface area contributed by atoms with Crippen molar-refractivity contribution in [2.75, 3.05) is 18.1 Å². The summed E-state index contributed by atoms with van der Waals surface area (Å²) in [5, 5.41) is 11.9. The standard InChI is InChI=1S/C32H34N4O6S/c1-6-8-9-16-42-22-14-10-13-21(17-22)25-23(26(37)24-20(5)35-15-11-12-18(3)29(35)34-24)27(38)30(39)36(25)32-33-19(4)28(43-32)31(40)41-7-2/h10-15,17,25,37H,6-9,16H2,1-5H3. The number of pyridine rings is 1. The lowest BCUT2D eigenvalue weighted by Crippen LogP contribution is -2.29. The van der Waals surface area contributed by atoms with Gasteiger partial charge in [-0.15, -0.1) is 0 Å². The second-order valence-corrected chi connectivity index (χ2v) is 11.3. The summed E-state index contributed by atoms with van der Waals surface area (Å²) in [6.45, 7) is 9.86. The van der Waals surface area contributed by atoms with Gasteiger partial charge in [0.25, 0.3) is 5.78 Å². The molecule has 1 aliphatic rings. The SMILES string of the molecule is CCCCCOc1cccc(C2C(=C(O)c3nc4c(C)cccn4c3C)C(=O)C(=O)N2c2nc(C)c(C(=O)OCC)s2)c1. The summed E-state index contributed by atoms with van der Waals surface area (Å²) in [4.78, 5) is 50.7. The Labute approximate surface area is 253 Å². The van der Waals surface area contributed by atoms with E-state index in [-0.39, 0.29) is 33.6 Å². The Balaban J connectivity index is 1.68. The number of carbonyl (C=O) groups excluding carboxylic acids is 3. The van der Waals surface area contributed by atoms with E-state index in [4.69, 9.17) is 9.47 Å². The van der Waals surface area contributed by atoms with Crippen LogP contribution in [-0.2, 0) is 14.3 Å². The number of unbranched alkanes of at least 4 members (excludes halogenated alkanes) is 2. The van der Waals surface area contributed by atoms with Gasteiger partial charge in [0.15, 0.2) is 10.9 Å². The van der Waals surface area contributed by atoms with E-state index < -0.39 is 23.7 Å². The van der Waals surface area contributed by atoms with Gasteiger partial charge in [-0.25, -0.2) is 14.8 Å². The Morgan fingerprint density at radius 3 is 2.58 bits per heavy atom. The zero-order valence-corrected chi connectivity index (χ0v) is 25.7. The number of esters is 1. The van der Waals surface area contributed by atoms with Crippen molar-refractivity contribution < 1.29 is 29.0 Å². The van der Waals surface area contributed by atoms with Crippen LogP contribution in [0.2, 0.25) is 0 Å². The number of aliphatic hydroxyl groups excluding tert-OH is 1. The van der Waals surface area contributed by atoms with Gasteiger partial charge in [-0.1, -0.05) is 49.3 Å². The Bertz CT molecular complexity index is 1750. The highest BCUT2D eigenvalue weighted by atomic mass is 32.1. The van der Waals surface area contributed by atoms with E-state index in [9.17, 15) is 19.5 Å². The average molecular weight is 603 g/mol. The lowest BCUT2D eigenvalue weighted by atomic mass is 9.96. The highest BCUT2D eigenvalue weighted by Gasteiger charge is 2.49. The normalized spacial score (nSPS) is 16.3. The molecule has 0 aliphatic carbocycles. The molecule has 1 amide bonds. The molecule has 4 heterocycles. The molecule has 1 fully saturated rings. The summed E-state index contributed by atoms with van der Waals surface area (Å²) < 4.78 is 13.0. The van der Waals surface area contributed by atoms with Crippen molar-refractivity contribution >= 4 is 45.5 Å². The number of rotatable bonds is 10. The van der Waals surface area contributed by atoms with Crippen molar-refractivity contribution in [3.8, 4) is 5.75 Å². The third-order valence-electron chi connectivity index (χ3n) is 7.40. The van der Waals surface area contributed by atoms with Crippen LogP contribution in [0.4, 0.5) is 5.13 Å². The fourth-order valence-electron chi connectivity index (χ4n) is 5.21. The molecule has 1 atom stereocenters. The molecular weight excluding hydrogens is 568 g/mol. The van der Waals surface area contributed by atoms with E-state index in [2.05, 4.69) is 16.9 Å². The van der Waals surface area contributed by atoms with Gasteiger partial charge in [0.05, 0.1) is 36.2 Å². The van der Waals surface area contributed by atoms with E-state index in [1.54, 1.807) is 39.0 Å². The zero-order chi connectivity index (χ0) is 30.8. The second kappa shape index (κ2) is 12.4. The number of ether oxygens (including phenoxy) is 2. The average Bonchev–Trinajstić information content (AvgIpc) is 3.63. The number of benzene rings is 1. The van der Waals surface area contributed by atoms with E-state index >= 15 is 0 Å². The third-order valence-corrected chi connectivity index (χ3v) is 8.53. The molecule has 5 rings (SSSR count). The molecule has 0 saturated carbocycles. The molecule has 11 heteroatoms. The van der Waals surface area contributed by atoms with E-state index in [1.807, 2.05) is 35.7 Å². The third kappa shape index (κ3) is 5.52. The first kappa shape index (κ1) is 30.0. The number of imidazole rings is 1. The Kier molecular flexibility index (Phi) is 8.63. The molecule has 224 valence electrons. The van der Waals surface area contributed by atoms with Crippen molar-refractivity contribution in [3.05, 3.63) is 81.3 Å². The van der Waals surface area contributed by atoms with E-state index in [1.165, 1.54) is 4.90 Å². The van der Waals surface area contributed by atoms with Gasteiger partial charge in [-0.3, -0.25) is 14.5 Å². The van der Waals surface area contributed by atoms with Gasteiger partial charge in [-0.05, 0) is 63.4 Å². The summed E-state index contributed by atoms with van der Waals surface area (Å²) in [5.74, 6) is -2.13. The highest BCUT2D eigenvalue weighted by molar-refractivity contribution is 7.17. The maximum Gasteiger partial charge on any atom is 0.350 e. The van der Waals surface area contributed by atoms with Crippen molar-refractivity contribution in [3.63, 3.8) is 0 Å². The fourth-order valence-corrected chi connectivity index (χ4v) is 6.19. The summed E-state index contributed by atoms with van der Waals surface area (Å²) in [7, 11) is 0. The smallest absolute Gasteiger partial charge is 0.350 e. The summed E-state index contributed by atoms with van der Waals surface area (Å²) in [5.41, 5.74) is 3.12. The van der Waals surface area contributed by atoms with Crippen LogP contribution in [0.25, 0.3) is 11.4 Å². The first-order valence-corrected chi connectivity index (χ1v) is 15.1. The van der Waals surface area contributed by atoms with Crippen LogP contribution in [0.1, 0.15) is 77.0 Å². The Hall–Kier alpha value is -4.51. The quantitative estimate of drug-likeness (QED) is 0.0761. The summed E-state index contributed by atoms with van der Waals surface area (Å²) >= 11 is 0.963. The monoisotopic (exact) mass is 602 g/mol. The minimum Gasteiger partial charge on any atom is -0.505 e. The molecular formula is C32H34N4O6S. The number of aryl methyl sites for hydroxylation is 3. The van der Waals surface area contributed by atoms with Crippen LogP contribution in [0, 0.1) is 20.8 Å². The number of amides is 1. The molecule has 4 aromatic rings. The summed E-state index contributed by atoms with van der Waals surface area (Å²) in [6, 6.07) is 9.84. The number of thiazole rings is 1. The minimum absolute atomic E-state index is 0.122. The van der Waals surface area contributed by atoms with Gasteiger partial charge >= 0.3 is 11.9 Å². The zero-order valence-electron chi connectivity index (χ0n) is 24.8. The molecule has 1 saturated heterocycles. The summed E-state index contributed by atoms with van der Waals surface area (Å²) in [6.07, 6.45) is 4.80. The van der Waals surface area contributed by atoms with Gasteiger partial charge in [0, 0.05) is 6.20 Å². The number of hydrogen-bond donors (Lipinski definition) is 1. The Morgan fingerprint density at radius 2 is 1.86 bits per heavy atom. The van der Waals surface area contributed by atoms with Crippen molar-refractivity contribution in [2.45, 2.75) is 59.9 Å². The molecule has 3 aromatic heterocycles. The molecule has 1 unspecified atom stereocenters. The van der Waals surface area contributed by atoms with Crippen molar-refractivity contribution in [1.29, 1.82) is 0 Å². The minimum atomic E-state index is -1.05. The first-order valence-electron chi connectivity index (χ1n) is 14.3. The van der Waals surface area contributed by atoms with Crippen LogP contribution in [0.5, 0.6) is 5.75 Å². The number of hydrogen-bond acceptors (Lipinski definition) is 9. The van der Waals surface area contributed by atoms with Crippen LogP contribution in [0.3, 0.4) is 0 Å². The molecule has 1 N–H and O–H groups in total. The number of fused-ring (bicyclic) bond motifs is 1. The largest absolute Gasteiger partial charge is 0.505 e. The van der Waals surface area contributed by atoms with Crippen molar-refractivity contribution in [2.24, 2.45) is 0 Å². The van der Waals surface area contributed by atoms with Gasteiger partial charge in [0.2, 0.25) is 0 Å². The number of Topliss-reactive ketones (excluding diaryl/α,β-unsaturated/α-hetero) is 1. The number of ketones is 1. The maximum atomic E-state index is 13.7. The number of carbonyl (C=O) groups is 3. The lowest BCUT2D eigenvalue weighted by molar-refractivity contribution is -0.132. The maximum absolute atomic E-state index is 13.7. The van der Waals surface area contributed by atoms with Gasteiger partial charge in [0.1, 0.15) is 22.0 Å². The lowest BCUT2D eigenvalue weighted by Gasteiger charge is -2.23. The van der Waals surface area contributed by atoms with Crippen LogP contribution >= 0.6 is 11.3 Å². The number of aromatic nitrogens is 3. The van der Waals surface area contributed by atoms with Crippen molar-refractivity contribution in [1.82, 2.24) is 14.4 Å². The molecule has 43 heavy (non-hydrogen) atoms. The molecule has 0 radical (unpaired) electrons. The Morgan fingerprint density at radius 1 is 1.07 bits per heavy atom. The topological polar surface area (TPSA) is 123 Å². The predicted octanol–water partition coefficient (Wildman–Crippen LogP) is 6.09. The molecule has 0 bridgehead atoms. The number of aliphatic hydroxyl groups is 1. The van der Waals surface area contributed by atoms with Crippen LogP contribution in [0.15, 0.2) is 48.2 Å². The van der Waals surface area contributed by atoms with E-state index in [0.717, 1.165) is 36.2 Å². The first-order chi connectivity index (χ1) is 20.7. The fraction of sp³-hybridized carbons (Fsp3) is 0.344. The second-order valence-electron chi connectivity index (χ2n) is 10.4. The predicted molar refractivity (Wildman–Crippen MR) is 164 cm³/mol. The highest BCUT2D eigenvalue weighted by Crippen LogP contribution is 2.44. The van der Waals surface area contributed by atoms with E-state index in [0.29, 0.717) is 35.0 Å².